The Labute approximate surface area is 172 Å². The molecule has 0 unspecified atom stereocenters. The number of aromatic amines is 1. The van der Waals surface area contributed by atoms with Crippen LogP contribution in [-0.2, 0) is 17.9 Å². The van der Waals surface area contributed by atoms with Gasteiger partial charge in [-0.1, -0.05) is 12.1 Å². The highest BCUT2D eigenvalue weighted by Gasteiger charge is 2.25. The van der Waals surface area contributed by atoms with Gasteiger partial charge in [0.25, 0.3) is 5.56 Å². The van der Waals surface area contributed by atoms with Gasteiger partial charge in [0.1, 0.15) is 11.1 Å². The van der Waals surface area contributed by atoms with Gasteiger partial charge in [0, 0.05) is 6.20 Å². The summed E-state index contributed by atoms with van der Waals surface area (Å²) in [5.41, 5.74) is 6.53. The van der Waals surface area contributed by atoms with E-state index in [1.54, 1.807) is 10.9 Å². The SMILES string of the molecule is Cc1cc(C2CC2)cc(C)c1-n1cc2c(=O)[nH]c(-c3cc4n(n3)CCOC4)nc2n1. The first kappa shape index (κ1) is 17.6. The highest BCUT2D eigenvalue weighted by Crippen LogP contribution is 2.41. The monoisotopic (exact) mass is 402 g/mol. The number of hydrogen-bond acceptors (Lipinski definition) is 5. The van der Waals surface area contributed by atoms with E-state index in [-0.39, 0.29) is 5.56 Å². The van der Waals surface area contributed by atoms with Gasteiger partial charge in [-0.2, -0.15) is 5.10 Å². The minimum Gasteiger partial charge on any atom is -0.373 e. The van der Waals surface area contributed by atoms with Gasteiger partial charge in [-0.15, -0.1) is 5.10 Å². The maximum Gasteiger partial charge on any atom is 0.262 e. The van der Waals surface area contributed by atoms with Crippen LogP contribution in [-0.4, -0.2) is 36.1 Å². The van der Waals surface area contributed by atoms with Crippen LogP contribution in [0.4, 0.5) is 0 Å². The van der Waals surface area contributed by atoms with Gasteiger partial charge in [0.2, 0.25) is 0 Å². The highest BCUT2D eigenvalue weighted by molar-refractivity contribution is 5.75. The number of H-pyrrole nitrogens is 1. The van der Waals surface area contributed by atoms with E-state index in [0.29, 0.717) is 48.2 Å². The zero-order chi connectivity index (χ0) is 20.4. The molecule has 4 aromatic rings. The van der Waals surface area contributed by atoms with E-state index in [4.69, 9.17) is 4.74 Å². The number of fused-ring (bicyclic) bond motifs is 2. The molecule has 1 N–H and O–H groups in total. The van der Waals surface area contributed by atoms with Crippen molar-refractivity contribution in [3.05, 3.63) is 57.1 Å². The molecule has 1 aliphatic carbocycles. The molecule has 4 heterocycles. The van der Waals surface area contributed by atoms with Crippen LogP contribution in [0, 0.1) is 13.8 Å². The molecule has 0 atom stereocenters. The predicted octanol–water partition coefficient (Wildman–Crippen LogP) is 3.00. The number of nitrogens with one attached hydrogen (secondary N) is 1. The van der Waals surface area contributed by atoms with E-state index in [0.717, 1.165) is 22.5 Å². The lowest BCUT2D eigenvalue weighted by Crippen LogP contribution is -2.16. The summed E-state index contributed by atoms with van der Waals surface area (Å²) in [6.07, 6.45) is 4.31. The van der Waals surface area contributed by atoms with Gasteiger partial charge in [0.15, 0.2) is 11.5 Å². The smallest absolute Gasteiger partial charge is 0.262 e. The van der Waals surface area contributed by atoms with Gasteiger partial charge in [0.05, 0.1) is 31.1 Å². The van der Waals surface area contributed by atoms with Crippen LogP contribution in [0.5, 0.6) is 0 Å². The van der Waals surface area contributed by atoms with Crippen LogP contribution in [0.25, 0.3) is 28.2 Å². The summed E-state index contributed by atoms with van der Waals surface area (Å²) in [5, 5.41) is 9.68. The minimum atomic E-state index is -0.214. The first-order valence-corrected chi connectivity index (χ1v) is 10.3. The molecule has 1 aromatic carbocycles. The van der Waals surface area contributed by atoms with E-state index >= 15 is 0 Å². The van der Waals surface area contributed by atoms with E-state index in [9.17, 15) is 4.79 Å². The summed E-state index contributed by atoms with van der Waals surface area (Å²) in [7, 11) is 0. The Hall–Kier alpha value is -3.26. The molecule has 1 fully saturated rings. The molecule has 30 heavy (non-hydrogen) atoms. The van der Waals surface area contributed by atoms with Gasteiger partial charge in [-0.25, -0.2) is 9.67 Å². The molecule has 1 aliphatic heterocycles. The molecule has 6 rings (SSSR count). The number of rotatable bonds is 3. The average molecular weight is 402 g/mol. The zero-order valence-electron chi connectivity index (χ0n) is 17.0. The second-order valence-electron chi connectivity index (χ2n) is 8.30. The summed E-state index contributed by atoms with van der Waals surface area (Å²) < 4.78 is 9.15. The van der Waals surface area contributed by atoms with Gasteiger partial charge in [-0.05, 0) is 55.4 Å². The third kappa shape index (κ3) is 2.79. The summed E-state index contributed by atoms with van der Waals surface area (Å²) >= 11 is 0. The van der Waals surface area contributed by atoms with Crippen LogP contribution in [0.15, 0.2) is 29.2 Å². The largest absolute Gasteiger partial charge is 0.373 e. The van der Waals surface area contributed by atoms with Crippen LogP contribution in [0.1, 0.15) is 41.1 Å². The van der Waals surface area contributed by atoms with Crippen molar-refractivity contribution in [1.82, 2.24) is 29.5 Å². The fourth-order valence-electron chi connectivity index (χ4n) is 4.36. The molecule has 8 nitrogen and oxygen atoms in total. The molecular formula is C22H22N6O2. The fraction of sp³-hybridized carbons (Fsp3) is 0.364. The van der Waals surface area contributed by atoms with Crippen molar-refractivity contribution in [2.75, 3.05) is 6.61 Å². The average Bonchev–Trinajstić information content (AvgIpc) is 3.34. The fourth-order valence-corrected chi connectivity index (χ4v) is 4.36. The Kier molecular flexibility index (Phi) is 3.73. The normalized spacial score (nSPS) is 16.2. The summed E-state index contributed by atoms with van der Waals surface area (Å²) in [6.45, 7) is 6.05. The van der Waals surface area contributed by atoms with E-state index in [1.165, 1.54) is 18.4 Å². The summed E-state index contributed by atoms with van der Waals surface area (Å²) in [6, 6.07) is 6.39. The Bertz CT molecular complexity index is 1310. The second-order valence-corrected chi connectivity index (χ2v) is 8.30. The molecule has 0 saturated heterocycles. The van der Waals surface area contributed by atoms with Crippen LogP contribution in [0.2, 0.25) is 0 Å². The van der Waals surface area contributed by atoms with Gasteiger partial charge >= 0.3 is 0 Å². The number of nitrogens with zero attached hydrogens (tertiary/aromatic N) is 5. The number of ether oxygens (including phenoxy) is 1. The Balaban J connectivity index is 1.45. The quantitative estimate of drug-likeness (QED) is 0.569. The van der Waals surface area contributed by atoms with Crippen LogP contribution < -0.4 is 5.56 Å². The third-order valence-corrected chi connectivity index (χ3v) is 5.98. The molecule has 3 aromatic heterocycles. The van der Waals surface area contributed by atoms with Gasteiger partial charge < -0.3 is 9.72 Å². The van der Waals surface area contributed by atoms with Crippen molar-refractivity contribution in [1.29, 1.82) is 0 Å². The first-order chi connectivity index (χ1) is 14.6. The highest BCUT2D eigenvalue weighted by atomic mass is 16.5. The lowest BCUT2D eigenvalue weighted by molar-refractivity contribution is 0.0801. The molecule has 2 aliphatic rings. The lowest BCUT2D eigenvalue weighted by Gasteiger charge is -2.12. The molecule has 0 spiro atoms. The van der Waals surface area contributed by atoms with Crippen LogP contribution in [0.3, 0.4) is 0 Å². The molecular weight excluding hydrogens is 380 g/mol. The molecule has 0 amide bonds. The van der Waals surface area contributed by atoms with Crippen molar-refractivity contribution < 1.29 is 4.74 Å². The minimum absolute atomic E-state index is 0.214. The van der Waals surface area contributed by atoms with E-state index < -0.39 is 0 Å². The predicted molar refractivity (Wildman–Crippen MR) is 112 cm³/mol. The van der Waals surface area contributed by atoms with E-state index in [2.05, 4.69) is 46.1 Å². The van der Waals surface area contributed by atoms with Crippen molar-refractivity contribution in [3.8, 4) is 17.2 Å². The van der Waals surface area contributed by atoms with Crippen molar-refractivity contribution in [3.63, 3.8) is 0 Å². The summed E-state index contributed by atoms with van der Waals surface area (Å²) in [4.78, 5) is 20.2. The maximum absolute atomic E-state index is 12.8. The molecule has 152 valence electrons. The Morgan fingerprint density at radius 3 is 2.67 bits per heavy atom. The number of aromatic nitrogens is 6. The molecule has 0 radical (unpaired) electrons. The molecule has 8 heteroatoms. The van der Waals surface area contributed by atoms with Crippen LogP contribution >= 0.6 is 0 Å². The summed E-state index contributed by atoms with van der Waals surface area (Å²) in [5.74, 6) is 1.13. The third-order valence-electron chi connectivity index (χ3n) is 5.98. The number of hydrogen-bond donors (Lipinski definition) is 1. The first-order valence-electron chi connectivity index (χ1n) is 10.3. The topological polar surface area (TPSA) is 90.6 Å². The number of aryl methyl sites for hydroxylation is 2. The number of benzene rings is 1. The van der Waals surface area contributed by atoms with Crippen molar-refractivity contribution >= 4 is 11.0 Å². The zero-order valence-corrected chi connectivity index (χ0v) is 17.0. The molecule has 1 saturated carbocycles. The molecule has 0 bridgehead atoms. The maximum atomic E-state index is 12.8. The lowest BCUT2D eigenvalue weighted by atomic mass is 10.0. The standard InChI is InChI=1S/C22H22N6O2/c1-12-7-15(14-3-4-14)8-13(2)19(12)28-10-17-20(26-28)23-21(24-22(17)29)18-9-16-11-30-6-5-27(16)25-18/h7-10,14H,3-6,11H2,1-2H3,(H,23,24,26,29). The van der Waals surface area contributed by atoms with Gasteiger partial charge in [-0.3, -0.25) is 9.48 Å². The second kappa shape index (κ2) is 6.37. The Morgan fingerprint density at radius 1 is 1.13 bits per heavy atom. The van der Waals surface area contributed by atoms with E-state index in [1.807, 2.05) is 10.7 Å². The van der Waals surface area contributed by atoms with Crippen molar-refractivity contribution in [2.24, 2.45) is 0 Å². The van der Waals surface area contributed by atoms with Crippen molar-refractivity contribution in [2.45, 2.75) is 45.8 Å². The Morgan fingerprint density at radius 2 is 1.93 bits per heavy atom.